The van der Waals surface area contributed by atoms with Gasteiger partial charge in [0.2, 0.25) is 5.69 Å². The second-order valence-electron chi connectivity index (χ2n) is 3.99. The number of hydrogen-bond acceptors (Lipinski definition) is 3. The largest absolute Gasteiger partial charge is 0.316 e. The first-order valence-corrected chi connectivity index (χ1v) is 6.34. The lowest BCUT2D eigenvalue weighted by Crippen LogP contribution is -2.23. The minimum atomic E-state index is 0.501. The molecule has 0 amide bonds. The van der Waals surface area contributed by atoms with Crippen LogP contribution in [0, 0.1) is 6.92 Å². The first kappa shape index (κ1) is 13.2. The molecule has 1 rings (SSSR count). The smallest absolute Gasteiger partial charge is 0.236 e. The Morgan fingerprint density at radius 3 is 2.88 bits per heavy atom. The summed E-state index contributed by atoms with van der Waals surface area (Å²) in [5.41, 5.74) is 2.13. The highest BCUT2D eigenvalue weighted by Gasteiger charge is 2.12. The number of thioether (sulfide) groups is 1. The van der Waals surface area contributed by atoms with Gasteiger partial charge in [0.1, 0.15) is 13.8 Å². The summed E-state index contributed by atoms with van der Waals surface area (Å²) in [6, 6.07) is 2.62. The Balaban J connectivity index is 2.84. The van der Waals surface area contributed by atoms with Gasteiger partial charge in [-0.3, -0.25) is 4.98 Å². The topological polar surface area (TPSA) is 27.9 Å². The summed E-state index contributed by atoms with van der Waals surface area (Å²) in [5.74, 6) is 1.04. The minimum Gasteiger partial charge on any atom is -0.316 e. The van der Waals surface area contributed by atoms with Gasteiger partial charge in [-0.2, -0.15) is 0 Å². The van der Waals surface area contributed by atoms with Crippen LogP contribution in [0.4, 0.5) is 5.69 Å². The molecule has 1 aromatic heterocycles. The minimum absolute atomic E-state index is 0.501. The number of aromatic nitrogens is 1. The highest BCUT2D eigenvalue weighted by atomic mass is 32.2. The Hall–Kier alpha value is -0.870. The first-order chi connectivity index (χ1) is 7.54. The van der Waals surface area contributed by atoms with Crippen molar-refractivity contribution in [2.75, 3.05) is 19.8 Å². The third-order valence-electron chi connectivity index (χ3n) is 2.38. The van der Waals surface area contributed by atoms with E-state index in [1.54, 1.807) is 0 Å². The molecule has 0 aliphatic rings. The van der Waals surface area contributed by atoms with Crippen LogP contribution < -0.4 is 5.32 Å². The van der Waals surface area contributed by atoms with Gasteiger partial charge in [-0.05, 0) is 27.0 Å². The van der Waals surface area contributed by atoms with Crippen molar-refractivity contribution < 1.29 is 4.58 Å². The normalized spacial score (nSPS) is 12.5. The number of hydrogen-bond donors (Lipinski definition) is 1. The van der Waals surface area contributed by atoms with Crippen LogP contribution in [0.15, 0.2) is 17.2 Å². The number of pyridine rings is 1. The summed E-state index contributed by atoms with van der Waals surface area (Å²) in [6.45, 7) is 8.10. The maximum absolute atomic E-state index is 4.30. The maximum atomic E-state index is 4.30. The van der Waals surface area contributed by atoms with Crippen LogP contribution in [-0.2, 0) is 0 Å². The van der Waals surface area contributed by atoms with Crippen LogP contribution in [-0.4, -0.2) is 42.2 Å². The maximum Gasteiger partial charge on any atom is 0.236 e. The van der Waals surface area contributed by atoms with Crippen molar-refractivity contribution in [2.24, 2.45) is 0 Å². The van der Waals surface area contributed by atoms with Crippen LogP contribution in [0.25, 0.3) is 0 Å². The fourth-order valence-electron chi connectivity index (χ4n) is 1.23. The van der Waals surface area contributed by atoms with Crippen LogP contribution in [0.2, 0.25) is 0 Å². The van der Waals surface area contributed by atoms with Gasteiger partial charge in [0.15, 0.2) is 0 Å². The van der Waals surface area contributed by atoms with Crippen molar-refractivity contribution in [1.29, 1.82) is 0 Å². The molecular formula is C12H20N3S+. The predicted molar refractivity (Wildman–Crippen MR) is 71.2 cm³/mol. The van der Waals surface area contributed by atoms with E-state index >= 15 is 0 Å². The molecule has 0 aromatic carbocycles. The van der Waals surface area contributed by atoms with Gasteiger partial charge >= 0.3 is 0 Å². The quantitative estimate of drug-likeness (QED) is 0.483. The zero-order chi connectivity index (χ0) is 12.1. The highest BCUT2D eigenvalue weighted by Crippen LogP contribution is 2.28. The van der Waals surface area contributed by atoms with E-state index in [1.807, 2.05) is 43.6 Å². The number of aryl methyl sites for hydroxylation is 1. The molecule has 0 bridgehead atoms. The van der Waals surface area contributed by atoms with E-state index in [4.69, 9.17) is 0 Å². The molecule has 0 radical (unpaired) electrons. The second-order valence-corrected chi connectivity index (χ2v) is 5.05. The predicted octanol–water partition coefficient (Wildman–Crippen LogP) is 2.06. The van der Waals surface area contributed by atoms with Crippen molar-refractivity contribution in [3.63, 3.8) is 0 Å². The van der Waals surface area contributed by atoms with Crippen molar-refractivity contribution in [2.45, 2.75) is 24.8 Å². The molecule has 1 aromatic rings. The molecule has 88 valence electrons. The first-order valence-electron chi connectivity index (χ1n) is 5.35. The van der Waals surface area contributed by atoms with Gasteiger partial charge in [-0.1, -0.05) is 0 Å². The summed E-state index contributed by atoms with van der Waals surface area (Å²) in [5, 5.41) is 3.23. The monoisotopic (exact) mass is 238 g/mol. The molecule has 1 unspecified atom stereocenters. The Morgan fingerprint density at radius 2 is 2.31 bits per heavy atom. The van der Waals surface area contributed by atoms with Gasteiger partial charge in [0, 0.05) is 17.5 Å². The van der Waals surface area contributed by atoms with Crippen LogP contribution in [0.1, 0.15) is 12.6 Å². The summed E-state index contributed by atoms with van der Waals surface area (Å²) in [6.07, 6.45) is 1.88. The molecule has 0 aliphatic carbocycles. The Labute approximate surface area is 102 Å². The lowest BCUT2D eigenvalue weighted by molar-refractivity contribution is -0.397. The van der Waals surface area contributed by atoms with Crippen LogP contribution >= 0.6 is 11.8 Å². The SMILES string of the molecule is C=[N+](C)c1cnc(C)cc1SCC(C)NC. The molecule has 0 saturated heterocycles. The van der Waals surface area contributed by atoms with E-state index in [9.17, 15) is 0 Å². The Kier molecular flexibility index (Phi) is 4.96. The van der Waals surface area contributed by atoms with Gasteiger partial charge < -0.3 is 5.32 Å². The standard InChI is InChI=1S/C12H20N3S/c1-9-6-12(16-8-10(2)13-3)11(7-14-9)15(4)5/h6-7,10,13H,4,8H2,1-3,5H3/q+1. The van der Waals surface area contributed by atoms with Gasteiger partial charge in [-0.25, -0.2) is 4.58 Å². The molecule has 1 heterocycles. The summed E-state index contributed by atoms with van der Waals surface area (Å²) in [4.78, 5) is 5.54. The van der Waals surface area contributed by atoms with Gasteiger partial charge in [0.05, 0.1) is 11.1 Å². The zero-order valence-corrected chi connectivity index (χ0v) is 11.3. The lowest BCUT2D eigenvalue weighted by atomic mass is 10.3. The molecule has 0 saturated carbocycles. The van der Waals surface area contributed by atoms with Crippen molar-refractivity contribution >= 4 is 24.2 Å². The Bertz CT molecular complexity index is 377. The van der Waals surface area contributed by atoms with Crippen molar-refractivity contribution in [3.8, 4) is 0 Å². The van der Waals surface area contributed by atoms with E-state index < -0.39 is 0 Å². The molecule has 1 atom stereocenters. The average molecular weight is 238 g/mol. The molecular weight excluding hydrogens is 218 g/mol. The third kappa shape index (κ3) is 3.61. The fourth-order valence-corrected chi connectivity index (χ4v) is 2.43. The molecule has 4 heteroatoms. The molecule has 0 aliphatic heterocycles. The zero-order valence-electron chi connectivity index (χ0n) is 10.4. The van der Waals surface area contributed by atoms with E-state index in [0.29, 0.717) is 6.04 Å². The van der Waals surface area contributed by atoms with E-state index in [2.05, 4.69) is 30.0 Å². The van der Waals surface area contributed by atoms with E-state index in [1.165, 1.54) is 4.90 Å². The van der Waals surface area contributed by atoms with E-state index in [0.717, 1.165) is 17.1 Å². The molecule has 0 spiro atoms. The number of rotatable bonds is 5. The van der Waals surface area contributed by atoms with Crippen LogP contribution in [0.5, 0.6) is 0 Å². The summed E-state index contributed by atoms with van der Waals surface area (Å²) >= 11 is 1.84. The Morgan fingerprint density at radius 1 is 1.62 bits per heavy atom. The average Bonchev–Trinajstić information content (AvgIpc) is 2.25. The lowest BCUT2D eigenvalue weighted by Gasteiger charge is -2.10. The molecule has 3 nitrogen and oxygen atoms in total. The van der Waals surface area contributed by atoms with Crippen LogP contribution in [0.3, 0.4) is 0 Å². The van der Waals surface area contributed by atoms with Crippen molar-refractivity contribution in [1.82, 2.24) is 10.3 Å². The van der Waals surface area contributed by atoms with Crippen molar-refractivity contribution in [3.05, 3.63) is 18.0 Å². The summed E-state index contributed by atoms with van der Waals surface area (Å²) in [7, 11) is 3.93. The van der Waals surface area contributed by atoms with E-state index in [-0.39, 0.29) is 0 Å². The third-order valence-corrected chi connectivity index (χ3v) is 3.68. The highest BCUT2D eigenvalue weighted by molar-refractivity contribution is 7.99. The fraction of sp³-hybridized carbons (Fsp3) is 0.500. The molecule has 0 fully saturated rings. The second kappa shape index (κ2) is 6.01. The summed E-state index contributed by atoms with van der Waals surface area (Å²) < 4.78 is 1.86. The number of nitrogens with one attached hydrogen (secondary N) is 1. The molecule has 1 N–H and O–H groups in total. The molecule has 16 heavy (non-hydrogen) atoms. The van der Waals surface area contributed by atoms with Gasteiger partial charge in [-0.15, -0.1) is 11.8 Å². The van der Waals surface area contributed by atoms with Gasteiger partial charge in [0.25, 0.3) is 0 Å². The number of nitrogens with zero attached hydrogens (tertiary/aromatic N) is 2.